The summed E-state index contributed by atoms with van der Waals surface area (Å²) >= 11 is 2.70. The molecule has 1 aromatic carbocycles. The third kappa shape index (κ3) is 5.13. The van der Waals surface area contributed by atoms with Crippen molar-refractivity contribution in [3.8, 4) is 5.75 Å². The Morgan fingerprint density at radius 1 is 1.36 bits per heavy atom. The Hall–Kier alpha value is -3.07. The lowest BCUT2D eigenvalue weighted by Gasteiger charge is -2.49. The van der Waals surface area contributed by atoms with Crippen LogP contribution in [-0.4, -0.2) is 83.4 Å². The number of rotatable bonds is 7. The number of benzene rings is 1. The average molecular weight is 495 g/mol. The first kappa shape index (κ1) is 24.6. The first-order chi connectivity index (χ1) is 15.9. The second-order valence-corrected chi connectivity index (χ2v) is 8.92. The van der Waals surface area contributed by atoms with Crippen LogP contribution in [0, 0.1) is 0 Å². The summed E-state index contributed by atoms with van der Waals surface area (Å²) in [6.07, 6.45) is 1.53. The number of hydrogen-bond donors (Lipinski definition) is 6. The van der Waals surface area contributed by atoms with Gasteiger partial charge in [-0.2, -0.15) is 10.3 Å². The van der Waals surface area contributed by atoms with E-state index < -0.39 is 35.2 Å². The van der Waals surface area contributed by atoms with Crippen LogP contribution in [0.15, 0.2) is 46.8 Å². The number of nitrogens with zero attached hydrogens (tertiary/aromatic N) is 3. The molecular weight excluding hydrogens is 472 g/mol. The number of carboxylic acid groups (broad SMARTS) is 1. The van der Waals surface area contributed by atoms with Crippen LogP contribution in [0.5, 0.6) is 5.75 Å². The van der Waals surface area contributed by atoms with E-state index in [0.29, 0.717) is 27.7 Å². The molecule has 0 aliphatic carbocycles. The van der Waals surface area contributed by atoms with Crippen LogP contribution in [0.2, 0.25) is 0 Å². The molecule has 1 aromatic heterocycles. The Balaban J connectivity index is 0.00000149. The third-order valence-corrected chi connectivity index (χ3v) is 7.19. The Kier molecular flexibility index (Phi) is 7.97. The number of nitrogens with one attached hydrogen (secondary N) is 2. The fraction of sp³-hybridized carbons (Fsp3) is 0.316. The molecular formula is C19H22N6O6S2. The summed E-state index contributed by atoms with van der Waals surface area (Å²) in [5.41, 5.74) is 6.99. The minimum atomic E-state index is -1.19. The number of phenolic OH excluding ortho intramolecular Hbond substituents is 1. The second kappa shape index (κ2) is 10.7. The highest BCUT2D eigenvalue weighted by molar-refractivity contribution is 8.01. The Bertz CT molecular complexity index is 1050. The summed E-state index contributed by atoms with van der Waals surface area (Å²) in [6.45, 7) is 0. The van der Waals surface area contributed by atoms with Crippen molar-refractivity contribution < 1.29 is 29.7 Å². The Morgan fingerprint density at radius 2 is 2.06 bits per heavy atom. The van der Waals surface area contributed by atoms with Crippen molar-refractivity contribution in [2.24, 2.45) is 5.73 Å². The van der Waals surface area contributed by atoms with Crippen molar-refractivity contribution in [2.45, 2.75) is 22.5 Å². The topological polar surface area (TPSA) is 195 Å². The average Bonchev–Trinajstić information content (AvgIpc) is 3.35. The maximum Gasteiger partial charge on any atom is 0.352 e. The van der Waals surface area contributed by atoms with Gasteiger partial charge in [-0.25, -0.2) is 4.79 Å². The molecule has 33 heavy (non-hydrogen) atoms. The summed E-state index contributed by atoms with van der Waals surface area (Å²) in [6, 6.07) is 3.98. The van der Waals surface area contributed by atoms with E-state index in [1.165, 1.54) is 58.9 Å². The summed E-state index contributed by atoms with van der Waals surface area (Å²) < 4.78 is 0. The van der Waals surface area contributed by atoms with Gasteiger partial charge in [-0.1, -0.05) is 23.9 Å². The number of phenols is 1. The molecule has 1 unspecified atom stereocenters. The summed E-state index contributed by atoms with van der Waals surface area (Å²) in [4.78, 5) is 38.4. The van der Waals surface area contributed by atoms with E-state index in [-0.39, 0.29) is 11.4 Å². The Labute approximate surface area is 196 Å². The number of aliphatic hydroxyl groups is 1. The largest absolute Gasteiger partial charge is 0.508 e. The molecule has 0 radical (unpaired) electrons. The number of aliphatic carboxylic acids is 1. The summed E-state index contributed by atoms with van der Waals surface area (Å²) in [7, 11) is 1.00. The fourth-order valence-electron chi connectivity index (χ4n) is 3.29. The van der Waals surface area contributed by atoms with Gasteiger partial charge in [-0.15, -0.1) is 16.9 Å². The molecule has 0 saturated carbocycles. The zero-order valence-corrected chi connectivity index (χ0v) is 19.0. The van der Waals surface area contributed by atoms with Gasteiger partial charge in [0.15, 0.2) is 0 Å². The van der Waals surface area contributed by atoms with Crippen molar-refractivity contribution in [3.05, 3.63) is 47.3 Å². The van der Waals surface area contributed by atoms with Crippen LogP contribution < -0.4 is 11.1 Å². The molecule has 2 aliphatic rings. The smallest absolute Gasteiger partial charge is 0.352 e. The number of carboxylic acids is 1. The number of carbonyl (C=O) groups is 3. The van der Waals surface area contributed by atoms with E-state index >= 15 is 0 Å². The number of β-lactam (4-membered cyclic amide) rings is 1. The van der Waals surface area contributed by atoms with Crippen molar-refractivity contribution in [1.82, 2.24) is 25.6 Å². The highest BCUT2D eigenvalue weighted by atomic mass is 32.2. The third-order valence-electron chi connectivity index (χ3n) is 4.87. The van der Waals surface area contributed by atoms with Crippen LogP contribution >= 0.6 is 23.5 Å². The number of hydrogen-bond acceptors (Lipinski definition) is 10. The molecule has 176 valence electrons. The van der Waals surface area contributed by atoms with Crippen molar-refractivity contribution in [1.29, 1.82) is 0 Å². The summed E-state index contributed by atoms with van der Waals surface area (Å²) in [5, 5.41) is 38.9. The van der Waals surface area contributed by atoms with Gasteiger partial charge in [0.2, 0.25) is 5.91 Å². The van der Waals surface area contributed by atoms with Crippen molar-refractivity contribution in [3.63, 3.8) is 0 Å². The van der Waals surface area contributed by atoms with Gasteiger partial charge in [-0.05, 0) is 23.3 Å². The molecule has 0 spiro atoms. The zero-order chi connectivity index (χ0) is 24.1. The lowest BCUT2D eigenvalue weighted by molar-refractivity contribution is -0.150. The first-order valence-electron chi connectivity index (χ1n) is 9.55. The summed E-state index contributed by atoms with van der Waals surface area (Å²) in [5.74, 6) is -1.45. The van der Waals surface area contributed by atoms with E-state index in [0.717, 1.165) is 7.11 Å². The number of fused-ring (bicyclic) bond motifs is 1. The van der Waals surface area contributed by atoms with Crippen molar-refractivity contribution >= 4 is 41.3 Å². The van der Waals surface area contributed by atoms with E-state index in [1.54, 1.807) is 0 Å². The van der Waals surface area contributed by atoms with Gasteiger partial charge in [0.05, 0.1) is 6.20 Å². The quantitative estimate of drug-likeness (QED) is 0.217. The number of nitrogens with two attached hydrogens (primary N) is 1. The highest BCUT2D eigenvalue weighted by Gasteiger charge is 2.54. The van der Waals surface area contributed by atoms with Crippen molar-refractivity contribution in [2.75, 3.05) is 18.6 Å². The van der Waals surface area contributed by atoms with Gasteiger partial charge in [0.1, 0.15) is 33.9 Å². The van der Waals surface area contributed by atoms with Crippen LogP contribution in [-0.2, 0) is 14.4 Å². The highest BCUT2D eigenvalue weighted by Crippen LogP contribution is 2.41. The molecule has 12 nitrogen and oxygen atoms in total. The van der Waals surface area contributed by atoms with Gasteiger partial charge < -0.3 is 26.4 Å². The van der Waals surface area contributed by atoms with Gasteiger partial charge in [0.25, 0.3) is 5.91 Å². The molecule has 3 atom stereocenters. The number of amides is 2. The maximum atomic E-state index is 12.7. The standard InChI is InChI=1S/C18H18N6O5S2.CH4O/c19-12(8-1-3-10(25)4-2-8)15(26)21-13-16(27)24-14(18(28)29)9(7-31-17(13)24)6-30-11-5-20-23-22-11;1-2/h1-5,12-13,17,25H,6-7,19H2,(H,21,26)(H,28,29)(H,20,22,23);2H,1H3/t12?,13-,17-;/m1./s1. The SMILES string of the molecule is CO.NC(C(=O)N[C@@H]1C(=O)N2C(C(=O)O)=C(CSc3cn[nH]n3)CS[C@H]12)c1ccc(O)cc1. The van der Waals surface area contributed by atoms with Gasteiger partial charge in [0, 0.05) is 18.6 Å². The second-order valence-electron chi connectivity index (χ2n) is 6.82. The predicted octanol–water partition coefficient (Wildman–Crippen LogP) is -0.350. The normalized spacial score (nSPS) is 20.2. The minimum Gasteiger partial charge on any atom is -0.508 e. The molecule has 0 bridgehead atoms. The number of carbonyl (C=O) groups excluding carboxylic acids is 2. The molecule has 3 heterocycles. The minimum absolute atomic E-state index is 0.0466. The number of aromatic amines is 1. The molecule has 7 N–H and O–H groups in total. The van der Waals surface area contributed by atoms with Gasteiger partial charge >= 0.3 is 5.97 Å². The van der Waals surface area contributed by atoms with E-state index in [9.17, 15) is 24.6 Å². The first-order valence-corrected chi connectivity index (χ1v) is 11.6. The van der Waals surface area contributed by atoms with E-state index in [2.05, 4.69) is 20.7 Å². The molecule has 1 saturated heterocycles. The van der Waals surface area contributed by atoms with E-state index in [1.807, 2.05) is 0 Å². The molecule has 2 aromatic rings. The molecule has 2 aliphatic heterocycles. The van der Waals surface area contributed by atoms with Crippen LogP contribution in [0.25, 0.3) is 0 Å². The molecule has 2 amide bonds. The molecule has 4 rings (SSSR count). The number of aromatic nitrogens is 3. The van der Waals surface area contributed by atoms with E-state index in [4.69, 9.17) is 10.8 Å². The maximum absolute atomic E-state index is 12.7. The van der Waals surface area contributed by atoms with Crippen LogP contribution in [0.4, 0.5) is 0 Å². The van der Waals surface area contributed by atoms with Gasteiger partial charge in [-0.3, -0.25) is 14.5 Å². The molecule has 14 heteroatoms. The monoisotopic (exact) mass is 494 g/mol. The number of aromatic hydroxyl groups is 1. The van der Waals surface area contributed by atoms with Crippen LogP contribution in [0.3, 0.4) is 0 Å². The lowest BCUT2D eigenvalue weighted by Crippen LogP contribution is -2.71. The molecule has 1 fully saturated rings. The van der Waals surface area contributed by atoms with Crippen LogP contribution in [0.1, 0.15) is 11.6 Å². The number of aliphatic hydroxyl groups excluding tert-OH is 1. The predicted molar refractivity (Wildman–Crippen MR) is 120 cm³/mol. The number of H-pyrrole nitrogens is 1. The Morgan fingerprint density at radius 3 is 2.67 bits per heavy atom. The lowest BCUT2D eigenvalue weighted by atomic mass is 10.0. The zero-order valence-electron chi connectivity index (χ0n) is 17.3. The fourth-order valence-corrected chi connectivity index (χ4v) is 5.56. The number of thioether (sulfide) groups is 2.